The van der Waals surface area contributed by atoms with Crippen molar-refractivity contribution in [3.63, 3.8) is 0 Å². The predicted octanol–water partition coefficient (Wildman–Crippen LogP) is 2.81. The third kappa shape index (κ3) is 1.16. The summed E-state index contributed by atoms with van der Waals surface area (Å²) in [4.78, 5) is 0. The average Bonchev–Trinajstić information content (AvgIpc) is 2.31. The summed E-state index contributed by atoms with van der Waals surface area (Å²) in [5.41, 5.74) is 2.70. The highest BCUT2D eigenvalue weighted by Gasteiger charge is 2.17. The van der Waals surface area contributed by atoms with Crippen LogP contribution in [0.5, 0.6) is 0 Å². The number of benzene rings is 1. The van der Waals surface area contributed by atoms with E-state index in [4.69, 9.17) is 0 Å². The molecule has 1 nitrogen and oxygen atoms in total. The van der Waals surface area contributed by atoms with E-state index < -0.39 is 0 Å². The second-order valence-corrected chi connectivity index (χ2v) is 3.87. The summed E-state index contributed by atoms with van der Waals surface area (Å²) in [5, 5.41) is 3.41. The molecule has 2 heteroatoms. The Hall–Kier alpha value is -0.500. The average molecular weight is 212 g/mol. The largest absolute Gasteiger partial charge is 0.382 e. The predicted molar refractivity (Wildman–Crippen MR) is 50.9 cm³/mol. The molecule has 0 aromatic heterocycles. The van der Waals surface area contributed by atoms with Gasteiger partial charge >= 0.3 is 0 Å². The van der Waals surface area contributed by atoms with Crippen LogP contribution >= 0.6 is 15.9 Å². The van der Waals surface area contributed by atoms with Crippen LogP contribution in [-0.2, 0) is 6.42 Å². The molecule has 0 bridgehead atoms. The van der Waals surface area contributed by atoms with Crippen LogP contribution in [0.2, 0.25) is 0 Å². The molecule has 2 rings (SSSR count). The fourth-order valence-electron chi connectivity index (χ4n) is 1.52. The van der Waals surface area contributed by atoms with E-state index in [1.165, 1.54) is 15.7 Å². The third-order valence-corrected chi connectivity index (χ3v) is 2.77. The molecule has 0 radical (unpaired) electrons. The van der Waals surface area contributed by atoms with Crippen molar-refractivity contribution in [1.82, 2.24) is 0 Å². The Morgan fingerprint density at radius 2 is 2.36 bits per heavy atom. The highest BCUT2D eigenvalue weighted by molar-refractivity contribution is 9.10. The zero-order valence-corrected chi connectivity index (χ0v) is 7.98. The van der Waals surface area contributed by atoms with E-state index in [1.807, 2.05) is 0 Å². The molecule has 1 atom stereocenters. The van der Waals surface area contributed by atoms with Crippen LogP contribution in [0, 0.1) is 0 Å². The molecular weight excluding hydrogens is 202 g/mol. The number of fused-ring (bicyclic) bond motifs is 1. The zero-order chi connectivity index (χ0) is 7.84. The first-order valence-corrected chi connectivity index (χ1v) is 4.60. The number of hydrogen-bond acceptors (Lipinski definition) is 1. The Kier molecular flexibility index (Phi) is 1.64. The molecule has 0 saturated heterocycles. The van der Waals surface area contributed by atoms with Crippen LogP contribution in [0.3, 0.4) is 0 Å². The van der Waals surface area contributed by atoms with Gasteiger partial charge < -0.3 is 5.32 Å². The number of nitrogens with one attached hydrogen (secondary N) is 1. The summed E-state index contributed by atoms with van der Waals surface area (Å²) in [6, 6.07) is 6.87. The normalized spacial score (nSPS) is 21.1. The number of rotatable bonds is 0. The van der Waals surface area contributed by atoms with Crippen LogP contribution in [0.25, 0.3) is 0 Å². The molecular formula is C9H10BrN. The van der Waals surface area contributed by atoms with Crippen molar-refractivity contribution in [2.75, 3.05) is 5.32 Å². The summed E-state index contributed by atoms with van der Waals surface area (Å²) in [7, 11) is 0. The van der Waals surface area contributed by atoms with Crippen LogP contribution in [-0.4, -0.2) is 6.04 Å². The van der Waals surface area contributed by atoms with Crippen LogP contribution in [0.4, 0.5) is 5.69 Å². The van der Waals surface area contributed by atoms with Crippen LogP contribution in [0.1, 0.15) is 12.5 Å². The van der Waals surface area contributed by atoms with Gasteiger partial charge in [-0.3, -0.25) is 0 Å². The molecule has 1 aliphatic rings. The van der Waals surface area contributed by atoms with Gasteiger partial charge in [0, 0.05) is 16.2 Å². The monoisotopic (exact) mass is 211 g/mol. The first-order chi connectivity index (χ1) is 5.27. The topological polar surface area (TPSA) is 12.0 Å². The molecule has 0 spiro atoms. The van der Waals surface area contributed by atoms with Crippen molar-refractivity contribution in [3.8, 4) is 0 Å². The Bertz CT molecular complexity index is 283. The Balaban J connectivity index is 2.49. The SMILES string of the molecule is C[C@H]1Cc2c(Br)cccc2N1. The number of halogens is 1. The zero-order valence-electron chi connectivity index (χ0n) is 6.39. The standard InChI is InChI=1S/C9H10BrN/c1-6-5-7-8(10)3-2-4-9(7)11-6/h2-4,6,11H,5H2,1H3/t6-/m0/s1. The molecule has 1 N–H and O–H groups in total. The van der Waals surface area contributed by atoms with Gasteiger partial charge in [-0.25, -0.2) is 0 Å². The maximum Gasteiger partial charge on any atom is 0.0387 e. The summed E-state index contributed by atoms with van der Waals surface area (Å²) in [6.07, 6.45) is 1.14. The Morgan fingerprint density at radius 3 is 3.09 bits per heavy atom. The van der Waals surface area contributed by atoms with E-state index in [2.05, 4.69) is 46.4 Å². The van der Waals surface area contributed by atoms with Gasteiger partial charge in [-0.2, -0.15) is 0 Å². The van der Waals surface area contributed by atoms with Gasteiger partial charge in [-0.15, -0.1) is 0 Å². The van der Waals surface area contributed by atoms with Gasteiger partial charge in [0.25, 0.3) is 0 Å². The lowest BCUT2D eigenvalue weighted by atomic mass is 10.1. The van der Waals surface area contributed by atoms with E-state index in [1.54, 1.807) is 0 Å². The van der Waals surface area contributed by atoms with Crippen molar-refractivity contribution in [2.24, 2.45) is 0 Å². The molecule has 0 unspecified atom stereocenters. The van der Waals surface area contributed by atoms with E-state index in [0.29, 0.717) is 6.04 Å². The van der Waals surface area contributed by atoms with Crippen molar-refractivity contribution >= 4 is 21.6 Å². The van der Waals surface area contributed by atoms with Gasteiger partial charge in [0.1, 0.15) is 0 Å². The highest BCUT2D eigenvalue weighted by atomic mass is 79.9. The lowest BCUT2D eigenvalue weighted by Gasteiger charge is -2.00. The van der Waals surface area contributed by atoms with E-state index >= 15 is 0 Å². The van der Waals surface area contributed by atoms with Gasteiger partial charge in [0.05, 0.1) is 0 Å². The van der Waals surface area contributed by atoms with Crippen molar-refractivity contribution in [3.05, 3.63) is 28.2 Å². The quantitative estimate of drug-likeness (QED) is 0.697. The second-order valence-electron chi connectivity index (χ2n) is 3.02. The molecule has 0 amide bonds. The maximum absolute atomic E-state index is 3.53. The molecule has 1 aromatic carbocycles. The van der Waals surface area contributed by atoms with E-state index in [-0.39, 0.29) is 0 Å². The van der Waals surface area contributed by atoms with Crippen molar-refractivity contribution < 1.29 is 0 Å². The fourth-order valence-corrected chi connectivity index (χ4v) is 2.05. The lowest BCUT2D eigenvalue weighted by molar-refractivity contribution is 0.837. The maximum atomic E-state index is 3.53. The molecule has 58 valence electrons. The number of anilines is 1. The molecule has 1 aliphatic heterocycles. The summed E-state index contributed by atoms with van der Waals surface area (Å²) in [5.74, 6) is 0. The molecule has 0 fully saturated rings. The van der Waals surface area contributed by atoms with Crippen LogP contribution in [0.15, 0.2) is 22.7 Å². The molecule has 0 aliphatic carbocycles. The minimum absolute atomic E-state index is 0.587. The van der Waals surface area contributed by atoms with Gasteiger partial charge in [0.15, 0.2) is 0 Å². The minimum atomic E-state index is 0.587. The van der Waals surface area contributed by atoms with E-state index in [0.717, 1.165) is 6.42 Å². The summed E-state index contributed by atoms with van der Waals surface area (Å²) >= 11 is 3.53. The molecule has 1 heterocycles. The summed E-state index contributed by atoms with van der Waals surface area (Å²) in [6.45, 7) is 2.20. The summed E-state index contributed by atoms with van der Waals surface area (Å²) < 4.78 is 1.23. The number of hydrogen-bond donors (Lipinski definition) is 1. The van der Waals surface area contributed by atoms with E-state index in [9.17, 15) is 0 Å². The lowest BCUT2D eigenvalue weighted by Crippen LogP contribution is -2.08. The van der Waals surface area contributed by atoms with Crippen molar-refractivity contribution in [1.29, 1.82) is 0 Å². The van der Waals surface area contributed by atoms with Gasteiger partial charge in [0.2, 0.25) is 0 Å². The van der Waals surface area contributed by atoms with Crippen LogP contribution < -0.4 is 5.32 Å². The highest BCUT2D eigenvalue weighted by Crippen LogP contribution is 2.31. The smallest absolute Gasteiger partial charge is 0.0387 e. The molecule has 11 heavy (non-hydrogen) atoms. The van der Waals surface area contributed by atoms with Gasteiger partial charge in [-0.05, 0) is 31.0 Å². The first-order valence-electron chi connectivity index (χ1n) is 3.81. The minimum Gasteiger partial charge on any atom is -0.382 e. The fraction of sp³-hybridized carbons (Fsp3) is 0.333. The first kappa shape index (κ1) is 7.17. The van der Waals surface area contributed by atoms with Gasteiger partial charge in [-0.1, -0.05) is 22.0 Å². The Morgan fingerprint density at radius 1 is 1.55 bits per heavy atom. The molecule has 0 saturated carbocycles. The second kappa shape index (κ2) is 2.52. The Labute approximate surface area is 74.9 Å². The molecule has 1 aromatic rings. The third-order valence-electron chi connectivity index (χ3n) is 2.03. The van der Waals surface area contributed by atoms with Crippen molar-refractivity contribution in [2.45, 2.75) is 19.4 Å².